The first-order valence-corrected chi connectivity index (χ1v) is 9.74. The number of aromatic nitrogens is 1. The summed E-state index contributed by atoms with van der Waals surface area (Å²) in [6.07, 6.45) is 0.935. The van der Waals surface area contributed by atoms with E-state index in [0.29, 0.717) is 16.1 Å². The van der Waals surface area contributed by atoms with E-state index in [0.717, 1.165) is 28.6 Å². The molecule has 0 saturated heterocycles. The molecule has 0 radical (unpaired) electrons. The molecule has 0 N–H and O–H groups in total. The predicted molar refractivity (Wildman–Crippen MR) is 108 cm³/mol. The van der Waals surface area contributed by atoms with Crippen LogP contribution in [-0.4, -0.2) is 17.6 Å². The molecule has 0 spiro atoms. The van der Waals surface area contributed by atoms with Crippen LogP contribution in [0.2, 0.25) is 0 Å². The molecular formula is C21H20N2O3S. The van der Waals surface area contributed by atoms with Crippen LogP contribution in [0, 0.1) is 0 Å². The minimum atomic E-state index is -0.389. The largest absolute Gasteiger partial charge is 0.493 e. The number of aryl methyl sites for hydroxylation is 2. The maximum Gasteiger partial charge on any atom is 0.315 e. The normalized spacial score (nSPS) is 12.2. The third kappa shape index (κ3) is 2.96. The van der Waals surface area contributed by atoms with E-state index < -0.39 is 0 Å². The van der Waals surface area contributed by atoms with Gasteiger partial charge in [-0.1, -0.05) is 42.5 Å². The van der Waals surface area contributed by atoms with E-state index >= 15 is 0 Å². The van der Waals surface area contributed by atoms with Gasteiger partial charge in [0.1, 0.15) is 0 Å². The van der Waals surface area contributed by atoms with Gasteiger partial charge in [-0.2, -0.15) is 4.99 Å². The van der Waals surface area contributed by atoms with Crippen molar-refractivity contribution < 1.29 is 13.9 Å². The Morgan fingerprint density at radius 2 is 2.04 bits per heavy atom. The van der Waals surface area contributed by atoms with Crippen molar-refractivity contribution in [3.05, 3.63) is 58.6 Å². The van der Waals surface area contributed by atoms with Gasteiger partial charge < -0.3 is 13.7 Å². The summed E-state index contributed by atoms with van der Waals surface area (Å²) in [4.78, 5) is 17.8. The Labute approximate surface area is 160 Å². The first-order valence-electron chi connectivity index (χ1n) is 8.93. The van der Waals surface area contributed by atoms with Crippen LogP contribution >= 0.6 is 11.3 Å². The van der Waals surface area contributed by atoms with E-state index in [1.54, 1.807) is 19.2 Å². The van der Waals surface area contributed by atoms with E-state index in [1.807, 2.05) is 12.1 Å². The quantitative estimate of drug-likeness (QED) is 0.512. The van der Waals surface area contributed by atoms with Crippen LogP contribution in [0.5, 0.6) is 5.75 Å². The minimum absolute atomic E-state index is 0.213. The van der Waals surface area contributed by atoms with Gasteiger partial charge in [-0.05, 0) is 37.1 Å². The van der Waals surface area contributed by atoms with Gasteiger partial charge in [0.2, 0.25) is 0 Å². The highest BCUT2D eigenvalue weighted by Crippen LogP contribution is 2.29. The lowest BCUT2D eigenvalue weighted by molar-refractivity contribution is 0.0973. The van der Waals surface area contributed by atoms with Crippen LogP contribution < -0.4 is 9.54 Å². The van der Waals surface area contributed by atoms with Gasteiger partial charge in [-0.25, -0.2) is 0 Å². The molecule has 0 saturated carbocycles. The Morgan fingerprint density at radius 3 is 2.78 bits per heavy atom. The molecule has 0 aliphatic carbocycles. The van der Waals surface area contributed by atoms with Gasteiger partial charge >= 0.3 is 5.91 Å². The van der Waals surface area contributed by atoms with Gasteiger partial charge in [0, 0.05) is 11.9 Å². The van der Waals surface area contributed by atoms with E-state index in [2.05, 4.69) is 41.6 Å². The monoisotopic (exact) mass is 380 g/mol. The number of methoxy groups -OCH3 is 1. The summed E-state index contributed by atoms with van der Waals surface area (Å²) >= 11 is 1.52. The second-order valence-corrected chi connectivity index (χ2v) is 7.16. The first-order chi connectivity index (χ1) is 13.2. The number of rotatable bonds is 4. The van der Waals surface area contributed by atoms with Gasteiger partial charge in [0.15, 0.2) is 21.9 Å². The number of carbonyl (C=O) groups excluding carboxylic acids is 1. The summed E-state index contributed by atoms with van der Waals surface area (Å²) in [6, 6.07) is 13.5. The number of thiazole rings is 1. The highest BCUT2D eigenvalue weighted by molar-refractivity contribution is 7.16. The Hall–Kier alpha value is -2.86. The predicted octanol–water partition coefficient (Wildman–Crippen LogP) is 4.78. The molecule has 2 aromatic carbocycles. The fourth-order valence-electron chi connectivity index (χ4n) is 3.31. The Morgan fingerprint density at radius 1 is 1.22 bits per heavy atom. The third-order valence-corrected chi connectivity index (χ3v) is 5.66. The summed E-state index contributed by atoms with van der Waals surface area (Å²) in [6.45, 7) is 4.95. The highest BCUT2D eigenvalue weighted by atomic mass is 32.1. The minimum Gasteiger partial charge on any atom is -0.493 e. The molecule has 0 fully saturated rings. The molecule has 1 amide bonds. The highest BCUT2D eigenvalue weighted by Gasteiger charge is 2.16. The smallest absolute Gasteiger partial charge is 0.315 e. The van der Waals surface area contributed by atoms with Gasteiger partial charge in [0.25, 0.3) is 0 Å². The molecule has 138 valence electrons. The third-order valence-electron chi connectivity index (χ3n) is 4.62. The summed E-state index contributed by atoms with van der Waals surface area (Å²) in [5.74, 6) is 0.426. The number of hydrogen-bond acceptors (Lipinski definition) is 4. The van der Waals surface area contributed by atoms with E-state index in [1.165, 1.54) is 16.9 Å². The van der Waals surface area contributed by atoms with Gasteiger partial charge in [0.05, 0.1) is 17.3 Å². The average Bonchev–Trinajstić information content (AvgIpc) is 3.28. The zero-order chi connectivity index (χ0) is 19.0. The molecule has 0 bridgehead atoms. The van der Waals surface area contributed by atoms with Crippen molar-refractivity contribution in [1.82, 2.24) is 4.57 Å². The number of nitrogens with zero attached hydrogens (tertiary/aromatic N) is 2. The van der Waals surface area contributed by atoms with E-state index in [9.17, 15) is 4.79 Å². The fourth-order valence-corrected chi connectivity index (χ4v) is 4.45. The molecular weight excluding hydrogens is 360 g/mol. The molecule has 0 atom stereocenters. The van der Waals surface area contributed by atoms with Crippen molar-refractivity contribution in [2.24, 2.45) is 4.99 Å². The van der Waals surface area contributed by atoms with Gasteiger partial charge in [-0.15, -0.1) is 0 Å². The average molecular weight is 380 g/mol. The molecule has 0 aliphatic heterocycles. The van der Waals surface area contributed by atoms with Crippen LogP contribution in [0.1, 0.15) is 30.0 Å². The van der Waals surface area contributed by atoms with Crippen LogP contribution in [0.3, 0.4) is 0 Å². The second kappa shape index (κ2) is 7.04. The Kier molecular flexibility index (Phi) is 4.58. The molecule has 0 unspecified atom stereocenters. The number of amides is 1. The first kappa shape index (κ1) is 17.5. The number of ether oxygens (including phenoxy) is 1. The van der Waals surface area contributed by atoms with Crippen molar-refractivity contribution in [3.8, 4) is 5.75 Å². The van der Waals surface area contributed by atoms with Crippen LogP contribution in [-0.2, 0) is 13.0 Å². The number of furan rings is 1. The molecule has 4 rings (SSSR count). The molecule has 6 heteroatoms. The number of fused-ring (bicyclic) bond motifs is 2. The number of para-hydroxylation sites is 2. The number of hydrogen-bond donors (Lipinski definition) is 0. The number of carbonyl (C=O) groups is 1. The van der Waals surface area contributed by atoms with Crippen molar-refractivity contribution in [1.29, 1.82) is 0 Å². The van der Waals surface area contributed by atoms with Crippen LogP contribution in [0.25, 0.3) is 21.2 Å². The summed E-state index contributed by atoms with van der Waals surface area (Å²) in [7, 11) is 1.58. The van der Waals surface area contributed by atoms with E-state index in [4.69, 9.17) is 9.15 Å². The standard InChI is InChI=1S/C21H20N2O3S/c1-4-13-8-7-11-17-18(13)23(5-2)21(27-17)22-20(24)16-12-14-9-6-10-15(25-3)19(14)26-16/h6-12H,4-5H2,1-3H3. The lowest BCUT2D eigenvalue weighted by atomic mass is 10.1. The summed E-state index contributed by atoms with van der Waals surface area (Å²) in [5.41, 5.74) is 2.98. The fraction of sp³-hybridized carbons (Fsp3) is 0.238. The van der Waals surface area contributed by atoms with Crippen molar-refractivity contribution >= 4 is 38.4 Å². The number of benzene rings is 2. The maximum atomic E-state index is 12.8. The van der Waals surface area contributed by atoms with Gasteiger partial charge in [-0.3, -0.25) is 4.79 Å². The topological polar surface area (TPSA) is 56.7 Å². The van der Waals surface area contributed by atoms with Crippen molar-refractivity contribution in [2.75, 3.05) is 7.11 Å². The van der Waals surface area contributed by atoms with Crippen molar-refractivity contribution in [2.45, 2.75) is 26.8 Å². The Balaban J connectivity index is 1.85. The summed E-state index contributed by atoms with van der Waals surface area (Å²) in [5, 5.41) is 0.820. The molecule has 5 nitrogen and oxygen atoms in total. The molecule has 2 heterocycles. The molecule has 0 aliphatic rings. The molecule has 27 heavy (non-hydrogen) atoms. The lowest BCUT2D eigenvalue weighted by Gasteiger charge is -2.04. The maximum absolute atomic E-state index is 12.8. The molecule has 4 aromatic rings. The van der Waals surface area contributed by atoms with Crippen LogP contribution in [0.15, 0.2) is 51.9 Å². The summed E-state index contributed by atoms with van der Waals surface area (Å²) < 4.78 is 14.3. The lowest BCUT2D eigenvalue weighted by Crippen LogP contribution is -2.16. The van der Waals surface area contributed by atoms with Crippen molar-refractivity contribution in [3.63, 3.8) is 0 Å². The zero-order valence-electron chi connectivity index (χ0n) is 15.5. The second-order valence-electron chi connectivity index (χ2n) is 6.15. The Bertz CT molecular complexity index is 1210. The van der Waals surface area contributed by atoms with Crippen LogP contribution in [0.4, 0.5) is 0 Å². The SMILES string of the molecule is CCc1cccc2sc(=NC(=O)c3cc4cccc(OC)c4o3)n(CC)c12. The zero-order valence-corrected chi connectivity index (χ0v) is 16.3. The van der Waals surface area contributed by atoms with E-state index in [-0.39, 0.29) is 11.7 Å². The molecule has 2 aromatic heterocycles.